The van der Waals surface area contributed by atoms with Crippen LogP contribution < -0.4 is 0 Å². The minimum atomic E-state index is 0.605. The quantitative estimate of drug-likeness (QED) is 0.719. The summed E-state index contributed by atoms with van der Waals surface area (Å²) in [6.45, 7) is 1.92. The smallest absolute Gasteiger partial charge is 0.160 e. The fourth-order valence-electron chi connectivity index (χ4n) is 2.25. The molecule has 0 fully saturated rings. The number of hydrogen-bond donors (Lipinski definition) is 0. The minimum Gasteiger partial charge on any atom is -0.233 e. The third-order valence-electron chi connectivity index (χ3n) is 3.44. The molecule has 0 spiro atoms. The first-order chi connectivity index (χ1) is 11.2. The molecule has 0 saturated heterocycles. The van der Waals surface area contributed by atoms with Gasteiger partial charge in [-0.3, -0.25) is 0 Å². The number of rotatable bonds is 2. The molecule has 0 amide bonds. The lowest BCUT2D eigenvalue weighted by molar-refractivity contribution is 1.11. The predicted octanol–water partition coefficient (Wildman–Crippen LogP) is 3.86. The third kappa shape index (κ3) is 3.07. The Balaban J connectivity index is 2.04. The zero-order chi connectivity index (χ0) is 16.2. The highest BCUT2D eigenvalue weighted by Crippen LogP contribution is 2.23. The average molecular weight is 296 g/mol. The van der Waals surface area contributed by atoms with Crippen LogP contribution in [0.3, 0.4) is 0 Å². The lowest BCUT2D eigenvalue weighted by Gasteiger charge is -2.07. The number of aromatic nitrogens is 2. The molecule has 1 heterocycles. The average Bonchev–Trinajstić information content (AvgIpc) is 2.61. The van der Waals surface area contributed by atoms with Crippen molar-refractivity contribution in [1.82, 2.24) is 9.97 Å². The summed E-state index contributed by atoms with van der Waals surface area (Å²) >= 11 is 0. The third-order valence-corrected chi connectivity index (χ3v) is 3.44. The Hall–Kier alpha value is -3.50. The molecule has 4 nitrogen and oxygen atoms in total. The van der Waals surface area contributed by atoms with E-state index in [9.17, 15) is 0 Å². The van der Waals surface area contributed by atoms with Crippen LogP contribution in [0.15, 0.2) is 54.6 Å². The minimum absolute atomic E-state index is 0.605. The molecular formula is C19H12N4. The second-order valence-corrected chi connectivity index (χ2v) is 5.10. The van der Waals surface area contributed by atoms with Crippen molar-refractivity contribution in [3.05, 3.63) is 71.4 Å². The van der Waals surface area contributed by atoms with Gasteiger partial charge in [0.05, 0.1) is 29.0 Å². The molecule has 0 aliphatic rings. The van der Waals surface area contributed by atoms with Crippen molar-refractivity contribution in [2.75, 3.05) is 0 Å². The van der Waals surface area contributed by atoms with Gasteiger partial charge in [-0.05, 0) is 49.4 Å². The van der Waals surface area contributed by atoms with Crippen LogP contribution in [-0.2, 0) is 0 Å². The normalized spacial score (nSPS) is 9.87. The Morgan fingerprint density at radius 3 is 1.78 bits per heavy atom. The van der Waals surface area contributed by atoms with E-state index in [-0.39, 0.29) is 0 Å². The van der Waals surface area contributed by atoms with E-state index >= 15 is 0 Å². The van der Waals surface area contributed by atoms with E-state index in [4.69, 9.17) is 10.5 Å². The van der Waals surface area contributed by atoms with Gasteiger partial charge in [-0.25, -0.2) is 9.97 Å². The number of aryl methyl sites for hydroxylation is 1. The van der Waals surface area contributed by atoms with Gasteiger partial charge in [0, 0.05) is 16.8 Å². The van der Waals surface area contributed by atoms with Crippen LogP contribution in [0.25, 0.3) is 22.6 Å². The van der Waals surface area contributed by atoms with E-state index in [1.165, 1.54) is 0 Å². The number of benzene rings is 2. The highest BCUT2D eigenvalue weighted by atomic mass is 14.9. The Labute approximate surface area is 134 Å². The van der Waals surface area contributed by atoms with Crippen LogP contribution in [-0.4, -0.2) is 9.97 Å². The van der Waals surface area contributed by atoms with Gasteiger partial charge in [-0.2, -0.15) is 10.5 Å². The van der Waals surface area contributed by atoms with E-state index in [0.717, 1.165) is 22.5 Å². The molecule has 4 heteroatoms. The molecule has 0 radical (unpaired) electrons. The molecule has 3 aromatic rings. The van der Waals surface area contributed by atoms with Gasteiger partial charge >= 0.3 is 0 Å². The predicted molar refractivity (Wildman–Crippen MR) is 87.1 cm³/mol. The lowest BCUT2D eigenvalue weighted by atomic mass is 10.1. The maximum atomic E-state index is 8.88. The van der Waals surface area contributed by atoms with E-state index in [1.54, 1.807) is 24.3 Å². The van der Waals surface area contributed by atoms with Crippen LogP contribution in [0.2, 0.25) is 0 Å². The van der Waals surface area contributed by atoms with Crippen molar-refractivity contribution >= 4 is 0 Å². The molecule has 0 bridgehead atoms. The van der Waals surface area contributed by atoms with Gasteiger partial charge in [0.15, 0.2) is 5.82 Å². The van der Waals surface area contributed by atoms with E-state index in [1.807, 2.05) is 37.3 Å². The van der Waals surface area contributed by atoms with Crippen LogP contribution in [0, 0.1) is 29.6 Å². The first-order valence-corrected chi connectivity index (χ1v) is 7.06. The molecule has 0 aliphatic carbocycles. The van der Waals surface area contributed by atoms with Crippen molar-refractivity contribution in [2.24, 2.45) is 0 Å². The Bertz CT molecular complexity index is 851. The van der Waals surface area contributed by atoms with Crippen LogP contribution >= 0.6 is 0 Å². The fourth-order valence-corrected chi connectivity index (χ4v) is 2.25. The summed E-state index contributed by atoms with van der Waals surface area (Å²) in [6, 6.07) is 20.6. The molecule has 2 aromatic carbocycles. The van der Waals surface area contributed by atoms with Gasteiger partial charge in [0.2, 0.25) is 0 Å². The summed E-state index contributed by atoms with van der Waals surface area (Å²) < 4.78 is 0. The van der Waals surface area contributed by atoms with Crippen LogP contribution in [0.4, 0.5) is 0 Å². The number of nitriles is 2. The summed E-state index contributed by atoms with van der Waals surface area (Å²) in [5.74, 6) is 0.619. The monoisotopic (exact) mass is 296 g/mol. The van der Waals surface area contributed by atoms with Crippen molar-refractivity contribution in [3.8, 4) is 34.8 Å². The molecule has 0 saturated carbocycles. The molecule has 0 atom stereocenters. The zero-order valence-corrected chi connectivity index (χ0v) is 12.5. The molecule has 23 heavy (non-hydrogen) atoms. The molecule has 0 unspecified atom stereocenters. The summed E-state index contributed by atoms with van der Waals surface area (Å²) in [5, 5.41) is 17.8. The second-order valence-electron chi connectivity index (χ2n) is 5.10. The van der Waals surface area contributed by atoms with Crippen molar-refractivity contribution in [3.63, 3.8) is 0 Å². The highest BCUT2D eigenvalue weighted by molar-refractivity contribution is 5.65. The summed E-state index contributed by atoms with van der Waals surface area (Å²) in [6.07, 6.45) is 0. The topological polar surface area (TPSA) is 73.4 Å². The summed E-state index contributed by atoms with van der Waals surface area (Å²) in [5.41, 5.74) is 4.69. The van der Waals surface area contributed by atoms with Crippen LogP contribution in [0.1, 0.15) is 16.8 Å². The van der Waals surface area contributed by atoms with Crippen molar-refractivity contribution in [2.45, 2.75) is 6.92 Å². The Kier molecular flexibility index (Phi) is 3.82. The van der Waals surface area contributed by atoms with E-state index in [2.05, 4.69) is 22.1 Å². The van der Waals surface area contributed by atoms with Crippen molar-refractivity contribution in [1.29, 1.82) is 10.5 Å². The van der Waals surface area contributed by atoms with E-state index in [0.29, 0.717) is 17.0 Å². The fraction of sp³-hybridized carbons (Fsp3) is 0.0526. The largest absolute Gasteiger partial charge is 0.233 e. The van der Waals surface area contributed by atoms with Gasteiger partial charge in [0.1, 0.15) is 0 Å². The lowest BCUT2D eigenvalue weighted by Crippen LogP contribution is -1.95. The standard InChI is InChI=1S/C19H12N4/c1-13-10-18(16-6-2-14(11-20)3-7-16)23-19(22-13)17-8-4-15(12-21)5-9-17/h2-10H,1H3. The molecular weight excluding hydrogens is 284 g/mol. The molecule has 108 valence electrons. The molecule has 0 N–H and O–H groups in total. The second kappa shape index (κ2) is 6.09. The zero-order valence-electron chi connectivity index (χ0n) is 12.5. The number of hydrogen-bond acceptors (Lipinski definition) is 4. The van der Waals surface area contributed by atoms with Crippen LogP contribution in [0.5, 0.6) is 0 Å². The van der Waals surface area contributed by atoms with Gasteiger partial charge < -0.3 is 0 Å². The molecule has 1 aromatic heterocycles. The van der Waals surface area contributed by atoms with Crippen molar-refractivity contribution < 1.29 is 0 Å². The molecule has 3 rings (SSSR count). The van der Waals surface area contributed by atoms with Gasteiger partial charge in [-0.15, -0.1) is 0 Å². The Morgan fingerprint density at radius 2 is 1.26 bits per heavy atom. The van der Waals surface area contributed by atoms with E-state index < -0.39 is 0 Å². The SMILES string of the molecule is Cc1cc(-c2ccc(C#N)cc2)nc(-c2ccc(C#N)cc2)n1. The summed E-state index contributed by atoms with van der Waals surface area (Å²) in [4.78, 5) is 9.08. The molecule has 0 aliphatic heterocycles. The maximum Gasteiger partial charge on any atom is 0.160 e. The summed E-state index contributed by atoms with van der Waals surface area (Å²) in [7, 11) is 0. The van der Waals surface area contributed by atoms with Gasteiger partial charge in [0.25, 0.3) is 0 Å². The van der Waals surface area contributed by atoms with Gasteiger partial charge in [-0.1, -0.05) is 12.1 Å². The first kappa shape index (κ1) is 14.4. The first-order valence-electron chi connectivity index (χ1n) is 7.06. The maximum absolute atomic E-state index is 8.88. The number of nitrogens with zero attached hydrogens (tertiary/aromatic N) is 4. The highest BCUT2D eigenvalue weighted by Gasteiger charge is 2.07. The Morgan fingerprint density at radius 1 is 0.739 bits per heavy atom.